The number of piperidine rings is 1. The second kappa shape index (κ2) is 8.89. The predicted octanol–water partition coefficient (Wildman–Crippen LogP) is 2.61. The van der Waals surface area contributed by atoms with Crippen molar-refractivity contribution >= 4 is 23.4 Å². The quantitative estimate of drug-likeness (QED) is 0.783. The third kappa shape index (κ3) is 4.70. The number of carbonyl (C=O) groups excluding carboxylic acids is 3. The number of nitrogens with one attached hydrogen (secondary N) is 1. The first-order chi connectivity index (χ1) is 14.6. The highest BCUT2D eigenvalue weighted by Gasteiger charge is 2.54. The topological polar surface area (TPSA) is 73.0 Å². The molecule has 2 aliphatic heterocycles. The van der Waals surface area contributed by atoms with Crippen LogP contribution in [-0.2, 0) is 14.4 Å². The number of amides is 3. The van der Waals surface area contributed by atoms with Gasteiger partial charge in [0.25, 0.3) is 5.91 Å². The van der Waals surface area contributed by atoms with Gasteiger partial charge in [-0.3, -0.25) is 14.4 Å². The zero-order valence-corrected chi connectivity index (χ0v) is 19.5. The molecule has 3 amide bonds. The molecule has 0 aliphatic carbocycles. The molecule has 2 heterocycles. The maximum Gasteiger partial charge on any atom is 0.250 e. The Labute approximate surface area is 185 Å². The minimum absolute atomic E-state index is 0.0153. The first-order valence-corrected chi connectivity index (χ1v) is 11.3. The Morgan fingerprint density at radius 1 is 1.13 bits per heavy atom. The van der Waals surface area contributed by atoms with Gasteiger partial charge in [0.1, 0.15) is 12.1 Å². The van der Waals surface area contributed by atoms with Gasteiger partial charge in [-0.2, -0.15) is 0 Å². The molecule has 1 aromatic carbocycles. The van der Waals surface area contributed by atoms with Crippen LogP contribution in [0.4, 0.5) is 5.69 Å². The SMILES string of the molecule is CCC(C)NC(=O)CN1CN(c2ccccc2)C2(CCN(C(=O)C(C)(C)C)CC2)C1=O. The molecule has 1 spiro atoms. The lowest BCUT2D eigenvalue weighted by Crippen LogP contribution is -2.58. The van der Waals surface area contributed by atoms with Crippen LogP contribution < -0.4 is 10.2 Å². The van der Waals surface area contributed by atoms with Crippen molar-refractivity contribution in [1.29, 1.82) is 0 Å². The number of likely N-dealkylation sites (tertiary alicyclic amines) is 1. The van der Waals surface area contributed by atoms with Crippen molar-refractivity contribution in [3.8, 4) is 0 Å². The van der Waals surface area contributed by atoms with E-state index in [2.05, 4.69) is 10.2 Å². The molecule has 0 aromatic heterocycles. The summed E-state index contributed by atoms with van der Waals surface area (Å²) in [5.41, 5.74) is -0.188. The molecule has 1 unspecified atom stereocenters. The van der Waals surface area contributed by atoms with E-state index in [-0.39, 0.29) is 30.3 Å². The summed E-state index contributed by atoms with van der Waals surface area (Å²) in [7, 11) is 0. The minimum Gasteiger partial charge on any atom is -0.352 e. The zero-order valence-electron chi connectivity index (χ0n) is 19.5. The van der Waals surface area contributed by atoms with Crippen LogP contribution in [-0.4, -0.2) is 65.4 Å². The highest BCUT2D eigenvalue weighted by atomic mass is 16.2. The van der Waals surface area contributed by atoms with E-state index in [1.807, 2.05) is 69.9 Å². The lowest BCUT2D eigenvalue weighted by Gasteiger charge is -2.44. The third-order valence-electron chi connectivity index (χ3n) is 6.46. The highest BCUT2D eigenvalue weighted by molar-refractivity contribution is 5.96. The Hall–Kier alpha value is -2.57. The van der Waals surface area contributed by atoms with E-state index in [0.717, 1.165) is 12.1 Å². The highest BCUT2D eigenvalue weighted by Crippen LogP contribution is 2.40. The molecule has 2 fully saturated rings. The van der Waals surface area contributed by atoms with E-state index in [0.29, 0.717) is 32.6 Å². The fraction of sp³-hybridized carbons (Fsp3) is 0.625. The summed E-state index contributed by atoms with van der Waals surface area (Å²) in [4.78, 5) is 44.6. The maximum atomic E-state index is 13.6. The predicted molar refractivity (Wildman–Crippen MR) is 121 cm³/mol. The lowest BCUT2D eigenvalue weighted by atomic mass is 9.84. The van der Waals surface area contributed by atoms with Crippen molar-refractivity contribution in [3.05, 3.63) is 30.3 Å². The fourth-order valence-electron chi connectivity index (χ4n) is 4.47. The van der Waals surface area contributed by atoms with Crippen LogP contribution in [0.5, 0.6) is 0 Å². The average Bonchev–Trinajstić information content (AvgIpc) is 2.99. The summed E-state index contributed by atoms with van der Waals surface area (Å²) in [5, 5.41) is 2.96. The van der Waals surface area contributed by atoms with Gasteiger partial charge >= 0.3 is 0 Å². The molecule has 1 N–H and O–H groups in total. The summed E-state index contributed by atoms with van der Waals surface area (Å²) >= 11 is 0. The van der Waals surface area contributed by atoms with E-state index in [1.165, 1.54) is 0 Å². The number of para-hydroxylation sites is 1. The van der Waals surface area contributed by atoms with Crippen molar-refractivity contribution in [1.82, 2.24) is 15.1 Å². The third-order valence-corrected chi connectivity index (χ3v) is 6.46. The Kier molecular flexibility index (Phi) is 6.62. The van der Waals surface area contributed by atoms with Gasteiger partial charge in [-0.15, -0.1) is 0 Å². The summed E-state index contributed by atoms with van der Waals surface area (Å²) < 4.78 is 0. The van der Waals surface area contributed by atoms with Crippen molar-refractivity contribution < 1.29 is 14.4 Å². The van der Waals surface area contributed by atoms with Gasteiger partial charge in [0, 0.05) is 30.2 Å². The van der Waals surface area contributed by atoms with Gasteiger partial charge in [-0.1, -0.05) is 45.9 Å². The van der Waals surface area contributed by atoms with E-state index < -0.39 is 11.0 Å². The molecule has 0 bridgehead atoms. The number of benzene rings is 1. The number of hydrogen-bond acceptors (Lipinski definition) is 4. The molecule has 7 nitrogen and oxygen atoms in total. The summed E-state index contributed by atoms with van der Waals surface area (Å²) in [6.45, 7) is 11.3. The van der Waals surface area contributed by atoms with Gasteiger partial charge in [0.05, 0.1) is 6.67 Å². The summed E-state index contributed by atoms with van der Waals surface area (Å²) in [5.74, 6) is -0.0320. The molecular formula is C24H36N4O3. The number of carbonyl (C=O) groups is 3. The molecule has 2 saturated heterocycles. The maximum absolute atomic E-state index is 13.6. The Morgan fingerprint density at radius 2 is 1.74 bits per heavy atom. The fourth-order valence-corrected chi connectivity index (χ4v) is 4.47. The van der Waals surface area contributed by atoms with E-state index >= 15 is 0 Å². The van der Waals surface area contributed by atoms with Crippen LogP contribution in [0.2, 0.25) is 0 Å². The van der Waals surface area contributed by atoms with E-state index in [9.17, 15) is 14.4 Å². The molecular weight excluding hydrogens is 392 g/mol. The van der Waals surface area contributed by atoms with Gasteiger partial charge in [-0.25, -0.2) is 0 Å². The Bertz CT molecular complexity index is 810. The normalized spacial score (nSPS) is 19.6. The van der Waals surface area contributed by atoms with Crippen molar-refractivity contribution in [3.63, 3.8) is 0 Å². The Morgan fingerprint density at radius 3 is 2.29 bits per heavy atom. The second-order valence-electron chi connectivity index (χ2n) is 9.86. The molecule has 3 rings (SSSR count). The molecule has 0 radical (unpaired) electrons. The largest absolute Gasteiger partial charge is 0.352 e. The van der Waals surface area contributed by atoms with Crippen LogP contribution in [0, 0.1) is 5.41 Å². The van der Waals surface area contributed by atoms with E-state index in [4.69, 9.17) is 0 Å². The number of anilines is 1. The first kappa shape index (κ1) is 23.1. The van der Waals surface area contributed by atoms with Crippen LogP contribution in [0.25, 0.3) is 0 Å². The van der Waals surface area contributed by atoms with Crippen LogP contribution in [0.3, 0.4) is 0 Å². The average molecular weight is 429 g/mol. The standard InChI is InChI=1S/C24H36N4O3/c1-6-18(2)25-20(29)16-27-17-28(19-10-8-7-9-11-19)24(22(27)31)12-14-26(15-13-24)21(30)23(3,4)5/h7-11,18H,6,12-17H2,1-5H3,(H,25,29). The molecule has 31 heavy (non-hydrogen) atoms. The smallest absolute Gasteiger partial charge is 0.250 e. The van der Waals surface area contributed by atoms with E-state index in [1.54, 1.807) is 4.90 Å². The minimum atomic E-state index is -0.716. The van der Waals surface area contributed by atoms with Crippen molar-refractivity contribution in [2.24, 2.45) is 5.41 Å². The summed E-state index contributed by atoms with van der Waals surface area (Å²) in [6, 6.07) is 9.97. The van der Waals surface area contributed by atoms with Crippen LogP contribution in [0.1, 0.15) is 53.9 Å². The van der Waals surface area contributed by atoms with Crippen LogP contribution in [0.15, 0.2) is 30.3 Å². The molecule has 170 valence electrons. The molecule has 1 aromatic rings. The summed E-state index contributed by atoms with van der Waals surface area (Å²) in [6.07, 6.45) is 1.97. The first-order valence-electron chi connectivity index (χ1n) is 11.3. The molecule has 1 atom stereocenters. The van der Waals surface area contributed by atoms with Gasteiger partial charge in [-0.05, 0) is 38.3 Å². The van der Waals surface area contributed by atoms with Gasteiger partial charge in [0.15, 0.2) is 0 Å². The Balaban J connectivity index is 1.82. The van der Waals surface area contributed by atoms with Crippen LogP contribution >= 0.6 is 0 Å². The molecule has 2 aliphatic rings. The number of nitrogens with zero attached hydrogens (tertiary/aromatic N) is 3. The number of rotatable bonds is 5. The van der Waals surface area contributed by atoms with Crippen molar-refractivity contribution in [2.45, 2.75) is 65.5 Å². The monoisotopic (exact) mass is 428 g/mol. The lowest BCUT2D eigenvalue weighted by molar-refractivity contribution is -0.144. The van der Waals surface area contributed by atoms with Gasteiger partial charge in [0.2, 0.25) is 11.8 Å². The van der Waals surface area contributed by atoms with Gasteiger partial charge < -0.3 is 20.0 Å². The molecule has 7 heteroatoms. The zero-order chi connectivity index (χ0) is 22.8. The number of hydrogen-bond donors (Lipinski definition) is 1. The molecule has 0 saturated carbocycles. The van der Waals surface area contributed by atoms with Crippen molar-refractivity contribution in [2.75, 3.05) is 31.2 Å². The second-order valence-corrected chi connectivity index (χ2v) is 9.86.